The van der Waals surface area contributed by atoms with Crippen molar-refractivity contribution in [3.63, 3.8) is 0 Å². The first-order chi connectivity index (χ1) is 19.7. The molecule has 1 saturated heterocycles. The number of anilines is 1. The Morgan fingerprint density at radius 1 is 0.951 bits per heavy atom. The molecule has 218 valence electrons. The summed E-state index contributed by atoms with van der Waals surface area (Å²) in [6, 6.07) is 13.4. The lowest BCUT2D eigenvalue weighted by atomic mass is 9.99. The number of hydrogen-bond acceptors (Lipinski definition) is 9. The summed E-state index contributed by atoms with van der Waals surface area (Å²) in [4.78, 5) is 33.6. The highest BCUT2D eigenvalue weighted by Gasteiger charge is 2.43. The van der Waals surface area contributed by atoms with Gasteiger partial charge in [0.15, 0.2) is 11.5 Å². The summed E-state index contributed by atoms with van der Waals surface area (Å²) in [7, 11) is 1.51. The maximum atomic E-state index is 14.1. The Morgan fingerprint density at radius 2 is 1.71 bits per heavy atom. The van der Waals surface area contributed by atoms with Crippen molar-refractivity contribution in [2.45, 2.75) is 23.1 Å². The van der Waals surface area contributed by atoms with E-state index in [-0.39, 0.29) is 22.6 Å². The monoisotopic (exact) mass is 598 g/mol. The van der Waals surface area contributed by atoms with Crippen LogP contribution in [0.4, 0.5) is 5.69 Å². The van der Waals surface area contributed by atoms with E-state index in [0.29, 0.717) is 41.0 Å². The number of nitrogens with one attached hydrogen (secondary N) is 1. The average Bonchev–Trinajstić information content (AvgIpc) is 3.62. The molecule has 3 heterocycles. The standard InChI is InChI=1S/C29H34N4O6S2/c1-31-14-16-32(17-15-31)23-8-4-7-21-27(23)29(35)33(28(21)34)22(20-11-12-24(38-2)25(19-20)39-3)9-5-13-30-41(36,37)26-10-6-18-40-26/h4,6-8,10-12,18-19,22,30H,5,9,13-17H2,1-3H3/t22-/m1/s1. The molecule has 0 radical (unpaired) electrons. The van der Waals surface area contributed by atoms with Crippen molar-refractivity contribution in [2.75, 3.05) is 58.9 Å². The zero-order valence-electron chi connectivity index (χ0n) is 23.3. The molecule has 1 aromatic heterocycles. The summed E-state index contributed by atoms with van der Waals surface area (Å²) < 4.78 is 39.0. The van der Waals surface area contributed by atoms with Crippen LogP contribution in [0.15, 0.2) is 58.1 Å². The third-order valence-electron chi connectivity index (χ3n) is 7.58. The molecule has 10 nitrogen and oxygen atoms in total. The molecule has 12 heteroatoms. The van der Waals surface area contributed by atoms with Crippen LogP contribution in [-0.4, -0.2) is 84.0 Å². The summed E-state index contributed by atoms with van der Waals surface area (Å²) in [5.74, 6) is 0.292. The number of thiophene rings is 1. The molecule has 41 heavy (non-hydrogen) atoms. The molecule has 2 amide bonds. The lowest BCUT2D eigenvalue weighted by Crippen LogP contribution is -2.45. The quantitative estimate of drug-likeness (QED) is 0.264. The second-order valence-corrected chi connectivity index (χ2v) is 13.0. The zero-order chi connectivity index (χ0) is 29.1. The van der Waals surface area contributed by atoms with E-state index in [9.17, 15) is 18.0 Å². The Balaban J connectivity index is 1.44. The van der Waals surface area contributed by atoms with Gasteiger partial charge in [-0.3, -0.25) is 14.5 Å². The Labute approximate surface area is 244 Å². The van der Waals surface area contributed by atoms with Gasteiger partial charge in [-0.05, 0) is 61.2 Å². The predicted octanol–water partition coefficient (Wildman–Crippen LogP) is 3.61. The van der Waals surface area contributed by atoms with Gasteiger partial charge in [0.25, 0.3) is 11.8 Å². The number of methoxy groups -OCH3 is 2. The second kappa shape index (κ2) is 12.2. The number of carbonyl (C=O) groups excluding carboxylic acids is 2. The summed E-state index contributed by atoms with van der Waals surface area (Å²) in [6.07, 6.45) is 0.736. The van der Waals surface area contributed by atoms with E-state index in [1.165, 1.54) is 12.0 Å². The molecule has 2 aliphatic rings. The highest BCUT2D eigenvalue weighted by Crippen LogP contribution is 2.40. The SMILES string of the molecule is COc1ccc([C@@H](CCCNS(=O)(=O)c2cccs2)N2C(=O)c3cccc(N4CCN(C)CC4)c3C2=O)cc1OC. The lowest BCUT2D eigenvalue weighted by Gasteiger charge is -2.35. The van der Waals surface area contributed by atoms with Crippen LogP contribution in [0.1, 0.15) is 45.2 Å². The fourth-order valence-electron chi connectivity index (χ4n) is 5.37. The molecule has 0 spiro atoms. The minimum Gasteiger partial charge on any atom is -0.493 e. The van der Waals surface area contributed by atoms with Gasteiger partial charge in [-0.2, -0.15) is 0 Å². The van der Waals surface area contributed by atoms with Crippen molar-refractivity contribution < 1.29 is 27.5 Å². The molecular formula is C29H34N4O6S2. The third-order valence-corrected chi connectivity index (χ3v) is 10.4. The number of likely N-dealkylation sites (N-methyl/N-ethyl adjacent to an activating group) is 1. The number of benzene rings is 2. The molecule has 1 fully saturated rings. The van der Waals surface area contributed by atoms with E-state index < -0.39 is 16.1 Å². The molecular weight excluding hydrogens is 564 g/mol. The summed E-state index contributed by atoms with van der Waals surface area (Å²) in [5.41, 5.74) is 2.27. The van der Waals surface area contributed by atoms with Crippen molar-refractivity contribution >= 4 is 38.9 Å². The van der Waals surface area contributed by atoms with Crippen molar-refractivity contribution in [1.29, 1.82) is 0 Å². The Hall–Kier alpha value is -3.45. The van der Waals surface area contributed by atoms with Gasteiger partial charge in [-0.15, -0.1) is 11.3 Å². The second-order valence-electron chi connectivity index (χ2n) is 10.1. The highest BCUT2D eigenvalue weighted by molar-refractivity contribution is 7.91. The van der Waals surface area contributed by atoms with Crippen LogP contribution in [0.2, 0.25) is 0 Å². The number of piperazine rings is 1. The van der Waals surface area contributed by atoms with Crippen molar-refractivity contribution in [2.24, 2.45) is 0 Å². The van der Waals surface area contributed by atoms with Crippen LogP contribution in [0.3, 0.4) is 0 Å². The van der Waals surface area contributed by atoms with E-state index in [2.05, 4.69) is 21.6 Å². The number of sulfonamides is 1. The number of ether oxygens (including phenoxy) is 2. The van der Waals surface area contributed by atoms with Gasteiger partial charge in [-0.25, -0.2) is 13.1 Å². The molecule has 1 N–H and O–H groups in total. The molecule has 2 aromatic carbocycles. The maximum Gasteiger partial charge on any atom is 0.264 e. The molecule has 5 rings (SSSR count). The Bertz CT molecular complexity index is 1520. The number of amides is 2. The highest BCUT2D eigenvalue weighted by atomic mass is 32.2. The van der Waals surface area contributed by atoms with E-state index in [1.54, 1.807) is 42.8 Å². The molecule has 2 aliphatic heterocycles. The van der Waals surface area contributed by atoms with Gasteiger partial charge in [0.1, 0.15) is 4.21 Å². The van der Waals surface area contributed by atoms with E-state index in [0.717, 1.165) is 43.2 Å². The number of imide groups is 1. The largest absolute Gasteiger partial charge is 0.493 e. The average molecular weight is 599 g/mol. The molecule has 0 bridgehead atoms. The zero-order valence-corrected chi connectivity index (χ0v) is 25.0. The van der Waals surface area contributed by atoms with Gasteiger partial charge in [0, 0.05) is 32.7 Å². The Morgan fingerprint density at radius 3 is 2.39 bits per heavy atom. The molecule has 0 saturated carbocycles. The van der Waals surface area contributed by atoms with Gasteiger partial charge in [0.05, 0.1) is 37.1 Å². The first kappa shape index (κ1) is 29.1. The van der Waals surface area contributed by atoms with Crippen LogP contribution in [-0.2, 0) is 10.0 Å². The fourth-order valence-corrected chi connectivity index (χ4v) is 7.49. The fraction of sp³-hybridized carbons (Fsp3) is 0.379. The van der Waals surface area contributed by atoms with Gasteiger partial charge < -0.3 is 19.3 Å². The Kier molecular flexibility index (Phi) is 8.64. The maximum absolute atomic E-state index is 14.1. The van der Waals surface area contributed by atoms with Gasteiger partial charge in [0.2, 0.25) is 10.0 Å². The summed E-state index contributed by atoms with van der Waals surface area (Å²) in [6.45, 7) is 3.41. The number of fused-ring (bicyclic) bond motifs is 1. The van der Waals surface area contributed by atoms with E-state index >= 15 is 0 Å². The minimum absolute atomic E-state index is 0.153. The minimum atomic E-state index is -3.63. The van der Waals surface area contributed by atoms with Crippen LogP contribution >= 0.6 is 11.3 Å². The molecule has 1 atom stereocenters. The normalized spacial score (nSPS) is 16.7. The summed E-state index contributed by atoms with van der Waals surface area (Å²) in [5, 5.41) is 1.71. The molecule has 0 aliphatic carbocycles. The molecule has 3 aromatic rings. The van der Waals surface area contributed by atoms with Crippen LogP contribution in [0, 0.1) is 0 Å². The van der Waals surface area contributed by atoms with Crippen LogP contribution in [0.25, 0.3) is 0 Å². The van der Waals surface area contributed by atoms with Crippen molar-refractivity contribution in [3.05, 3.63) is 70.6 Å². The smallest absolute Gasteiger partial charge is 0.264 e. The first-order valence-corrected chi connectivity index (χ1v) is 15.8. The number of carbonyl (C=O) groups is 2. The van der Waals surface area contributed by atoms with E-state index in [4.69, 9.17) is 9.47 Å². The first-order valence-electron chi connectivity index (χ1n) is 13.4. The predicted molar refractivity (Wildman–Crippen MR) is 158 cm³/mol. The number of hydrogen-bond donors (Lipinski definition) is 1. The third kappa shape index (κ3) is 5.82. The van der Waals surface area contributed by atoms with Gasteiger partial charge >= 0.3 is 0 Å². The summed E-state index contributed by atoms with van der Waals surface area (Å²) >= 11 is 1.15. The van der Waals surface area contributed by atoms with Crippen molar-refractivity contribution in [1.82, 2.24) is 14.5 Å². The van der Waals surface area contributed by atoms with Crippen LogP contribution < -0.4 is 19.1 Å². The van der Waals surface area contributed by atoms with E-state index in [1.807, 2.05) is 18.2 Å². The lowest BCUT2D eigenvalue weighted by molar-refractivity contribution is 0.0572. The van der Waals surface area contributed by atoms with Crippen LogP contribution in [0.5, 0.6) is 11.5 Å². The number of nitrogens with zero attached hydrogens (tertiary/aromatic N) is 3. The van der Waals surface area contributed by atoms with Crippen molar-refractivity contribution in [3.8, 4) is 11.5 Å². The number of rotatable bonds is 11. The molecule has 0 unspecified atom stereocenters. The van der Waals surface area contributed by atoms with Gasteiger partial charge in [-0.1, -0.05) is 18.2 Å². The topological polar surface area (TPSA) is 108 Å².